The van der Waals surface area contributed by atoms with Crippen LogP contribution < -0.4 is 0 Å². The highest BCUT2D eigenvalue weighted by molar-refractivity contribution is 8.10. The van der Waals surface area contributed by atoms with Gasteiger partial charge in [-0.2, -0.15) is 5.26 Å². The van der Waals surface area contributed by atoms with Crippen LogP contribution in [0.4, 0.5) is 0 Å². The third-order valence-electron chi connectivity index (χ3n) is 2.68. The second-order valence-electron chi connectivity index (χ2n) is 4.49. The average molecular weight is 422 g/mol. The van der Waals surface area contributed by atoms with Crippen molar-refractivity contribution in [2.24, 2.45) is 0 Å². The van der Waals surface area contributed by atoms with Crippen molar-refractivity contribution in [3.8, 4) is 6.07 Å². The number of rotatable bonds is 6. The summed E-state index contributed by atoms with van der Waals surface area (Å²) in [6.07, 6.45) is 0.944. The molecule has 122 valence electrons. The van der Waals surface area contributed by atoms with E-state index < -0.39 is 24.1 Å². The van der Waals surface area contributed by atoms with Gasteiger partial charge in [0, 0.05) is 0 Å². The number of benzene rings is 1. The van der Waals surface area contributed by atoms with Crippen molar-refractivity contribution in [1.29, 1.82) is 5.26 Å². The van der Waals surface area contributed by atoms with E-state index in [9.17, 15) is 13.7 Å². The molecule has 1 rings (SSSR count). The molecule has 0 aliphatic heterocycles. The highest BCUT2D eigenvalue weighted by Gasteiger charge is 2.47. The van der Waals surface area contributed by atoms with Crippen LogP contribution in [0.3, 0.4) is 0 Å². The van der Waals surface area contributed by atoms with Gasteiger partial charge in [0.2, 0.25) is 13.7 Å². The monoisotopic (exact) mass is 420 g/mol. The summed E-state index contributed by atoms with van der Waals surface area (Å²) in [4.78, 5) is -1.27. The first kappa shape index (κ1) is 20.2. The molecule has 0 aliphatic rings. The van der Waals surface area contributed by atoms with E-state index in [2.05, 4.69) is 0 Å². The van der Waals surface area contributed by atoms with Gasteiger partial charge in [-0.1, -0.05) is 53.5 Å². The topological polar surface area (TPSA) is 61.2 Å². The van der Waals surface area contributed by atoms with Crippen molar-refractivity contribution in [2.45, 2.75) is 21.0 Å². The van der Waals surface area contributed by atoms with E-state index >= 15 is 0 Å². The van der Waals surface area contributed by atoms with Crippen LogP contribution in [0.1, 0.15) is 12.5 Å². The number of hydrogen-bond donors (Lipinski definition) is 0. The number of sulfonamides is 1. The van der Waals surface area contributed by atoms with Crippen molar-refractivity contribution in [2.75, 3.05) is 6.26 Å². The SMILES string of the molecule is CC(C#N)(c1ccccc1)N(SC(Cl)(Cl)C(Cl)Cl)S(C)(=O)=O. The summed E-state index contributed by atoms with van der Waals surface area (Å²) in [5.41, 5.74) is -1.09. The summed E-state index contributed by atoms with van der Waals surface area (Å²) >= 11 is 23.8. The molecular weight excluding hydrogens is 410 g/mol. The van der Waals surface area contributed by atoms with E-state index in [1.165, 1.54) is 6.92 Å². The fourth-order valence-corrected chi connectivity index (χ4v) is 4.85. The molecule has 0 amide bonds. The molecule has 0 aliphatic carbocycles. The Kier molecular flexibility index (Phi) is 6.74. The Bertz CT molecular complexity index is 661. The van der Waals surface area contributed by atoms with E-state index in [4.69, 9.17) is 46.4 Å². The van der Waals surface area contributed by atoms with Gasteiger partial charge in [0.05, 0.1) is 12.3 Å². The van der Waals surface area contributed by atoms with Crippen LogP contribution in [-0.2, 0) is 15.6 Å². The van der Waals surface area contributed by atoms with E-state index in [0.29, 0.717) is 17.5 Å². The summed E-state index contributed by atoms with van der Waals surface area (Å²) in [6, 6.07) is 10.4. The molecular formula is C12H12Cl4N2O2S2. The van der Waals surface area contributed by atoms with Crippen LogP contribution in [-0.4, -0.2) is 26.9 Å². The minimum absolute atomic E-state index is 0.459. The molecule has 22 heavy (non-hydrogen) atoms. The lowest BCUT2D eigenvalue weighted by Crippen LogP contribution is -2.44. The first-order chi connectivity index (χ1) is 9.95. The number of alkyl halides is 4. The molecule has 0 N–H and O–H groups in total. The zero-order valence-corrected chi connectivity index (χ0v) is 16.2. The number of nitriles is 1. The van der Waals surface area contributed by atoms with Crippen molar-refractivity contribution in [3.63, 3.8) is 0 Å². The molecule has 0 bridgehead atoms. The number of halogens is 4. The van der Waals surface area contributed by atoms with E-state index in [-0.39, 0.29) is 0 Å². The molecule has 1 aromatic carbocycles. The van der Waals surface area contributed by atoms with Crippen LogP contribution in [0, 0.1) is 11.3 Å². The van der Waals surface area contributed by atoms with Gasteiger partial charge in [0.15, 0.2) is 10.4 Å². The predicted octanol–water partition coefficient (Wildman–Crippen LogP) is 4.27. The molecule has 1 atom stereocenters. The van der Waals surface area contributed by atoms with Crippen LogP contribution in [0.25, 0.3) is 0 Å². The minimum Gasteiger partial charge on any atom is -0.212 e. The molecule has 1 aromatic rings. The van der Waals surface area contributed by atoms with E-state index in [1.54, 1.807) is 30.3 Å². The van der Waals surface area contributed by atoms with Gasteiger partial charge >= 0.3 is 0 Å². The maximum absolute atomic E-state index is 12.2. The maximum Gasteiger partial charge on any atom is 0.222 e. The van der Waals surface area contributed by atoms with Crippen LogP contribution in [0.5, 0.6) is 0 Å². The third-order valence-corrected chi connectivity index (χ3v) is 7.90. The second kappa shape index (κ2) is 7.35. The first-order valence-corrected chi connectivity index (χ1v) is 10.0. The summed E-state index contributed by atoms with van der Waals surface area (Å²) in [5, 5.41) is 9.59. The van der Waals surface area contributed by atoms with Gasteiger partial charge in [-0.25, -0.2) is 8.42 Å². The highest BCUT2D eigenvalue weighted by Crippen LogP contribution is 2.49. The Morgan fingerprint density at radius 3 is 2.14 bits per heavy atom. The molecule has 0 fully saturated rings. The van der Waals surface area contributed by atoms with Crippen molar-refractivity contribution in [1.82, 2.24) is 3.71 Å². The quantitative estimate of drug-likeness (QED) is 0.508. The predicted molar refractivity (Wildman–Crippen MR) is 93.6 cm³/mol. The van der Waals surface area contributed by atoms with Gasteiger partial charge in [0.25, 0.3) is 0 Å². The molecule has 0 saturated carbocycles. The summed E-state index contributed by atoms with van der Waals surface area (Å²) < 4.78 is 23.3. The summed E-state index contributed by atoms with van der Waals surface area (Å²) in [7, 11) is -3.86. The summed E-state index contributed by atoms with van der Waals surface area (Å²) in [5.74, 6) is 0. The van der Waals surface area contributed by atoms with E-state index in [0.717, 1.165) is 9.97 Å². The number of hydrogen-bond acceptors (Lipinski definition) is 4. The molecule has 4 nitrogen and oxygen atoms in total. The van der Waals surface area contributed by atoms with Crippen LogP contribution in [0.15, 0.2) is 30.3 Å². The molecule has 0 saturated heterocycles. The Morgan fingerprint density at radius 2 is 1.77 bits per heavy atom. The zero-order valence-electron chi connectivity index (χ0n) is 11.5. The van der Waals surface area contributed by atoms with Crippen molar-refractivity contribution in [3.05, 3.63) is 35.9 Å². The lowest BCUT2D eigenvalue weighted by Gasteiger charge is -2.36. The van der Waals surface area contributed by atoms with Gasteiger partial charge < -0.3 is 0 Å². The highest BCUT2D eigenvalue weighted by atomic mass is 35.5. The molecule has 10 heteroatoms. The second-order valence-corrected chi connectivity index (χ2v) is 10.7. The van der Waals surface area contributed by atoms with Gasteiger partial charge in [-0.15, -0.1) is 26.9 Å². The maximum atomic E-state index is 12.2. The Balaban J connectivity index is 3.42. The lowest BCUT2D eigenvalue weighted by molar-refractivity contribution is 0.413. The van der Waals surface area contributed by atoms with Gasteiger partial charge in [-0.05, 0) is 24.4 Å². The normalized spacial score (nSPS) is 15.6. The van der Waals surface area contributed by atoms with Crippen LogP contribution in [0.2, 0.25) is 0 Å². The van der Waals surface area contributed by atoms with Gasteiger partial charge in [0.1, 0.15) is 0 Å². The summed E-state index contributed by atoms with van der Waals surface area (Å²) in [6.45, 7) is 1.44. The third kappa shape index (κ3) is 4.57. The fraction of sp³-hybridized carbons (Fsp3) is 0.417. The molecule has 0 heterocycles. The minimum atomic E-state index is -3.86. The zero-order chi connectivity index (χ0) is 17.2. The van der Waals surface area contributed by atoms with Gasteiger partial charge in [-0.3, -0.25) is 0 Å². The lowest BCUT2D eigenvalue weighted by atomic mass is 9.95. The standard InChI is InChI=1S/C12H12Cl4N2O2S2/c1-11(8-17,9-6-4-3-5-7-9)18(22(2,19)20)21-12(15,16)10(13)14/h3-7,10H,1-2H3. The van der Waals surface area contributed by atoms with E-state index in [1.807, 2.05) is 6.07 Å². The van der Waals surface area contributed by atoms with Crippen molar-refractivity contribution >= 4 is 68.4 Å². The largest absolute Gasteiger partial charge is 0.222 e. The Hall–Kier alpha value is 0.130. The first-order valence-electron chi connectivity index (χ1n) is 5.77. The molecule has 0 aromatic heterocycles. The Labute approximate surface area is 154 Å². The molecule has 0 radical (unpaired) electrons. The molecule has 1 unspecified atom stereocenters. The number of nitrogens with zero attached hydrogens (tertiary/aromatic N) is 2. The average Bonchev–Trinajstić information content (AvgIpc) is 2.43. The molecule has 0 spiro atoms. The Morgan fingerprint density at radius 1 is 1.27 bits per heavy atom. The smallest absolute Gasteiger partial charge is 0.212 e. The van der Waals surface area contributed by atoms with Crippen molar-refractivity contribution < 1.29 is 8.42 Å². The van der Waals surface area contributed by atoms with Crippen LogP contribution >= 0.6 is 58.4 Å². The fourth-order valence-electron chi connectivity index (χ4n) is 1.61.